The van der Waals surface area contributed by atoms with Gasteiger partial charge in [0.25, 0.3) is 0 Å². The zero-order valence-corrected chi connectivity index (χ0v) is 9.47. The molecule has 0 saturated heterocycles. The molecule has 0 unspecified atom stereocenters. The van der Waals surface area contributed by atoms with Gasteiger partial charge in [-0.25, -0.2) is 0 Å². The van der Waals surface area contributed by atoms with E-state index in [9.17, 15) is 4.79 Å². The molecule has 0 aliphatic rings. The summed E-state index contributed by atoms with van der Waals surface area (Å²) in [5.41, 5.74) is 1.58. The molecule has 5 heteroatoms. The van der Waals surface area contributed by atoms with Crippen LogP contribution in [0.4, 0.5) is 5.69 Å². The Bertz CT molecular complexity index is 522. The van der Waals surface area contributed by atoms with E-state index < -0.39 is 0 Å². The van der Waals surface area contributed by atoms with Crippen molar-refractivity contribution in [3.8, 4) is 5.75 Å². The number of H-pyrrole nitrogens is 1. The van der Waals surface area contributed by atoms with E-state index >= 15 is 0 Å². The Morgan fingerprint density at radius 2 is 2.31 bits per heavy atom. The van der Waals surface area contributed by atoms with Crippen LogP contribution in [0, 0.1) is 0 Å². The Labute approximate surface area is 97.5 Å². The van der Waals surface area contributed by atoms with Crippen molar-refractivity contribution in [1.29, 1.82) is 0 Å². The van der Waals surface area contributed by atoms with Crippen molar-refractivity contribution in [2.45, 2.75) is 0 Å². The second-order valence-electron chi connectivity index (χ2n) is 3.26. The quantitative estimate of drug-likeness (QED) is 0.807. The number of nitrogens with one attached hydrogen (secondary N) is 2. The molecule has 4 nitrogen and oxygen atoms in total. The number of carbonyl (C=O) groups is 1. The summed E-state index contributed by atoms with van der Waals surface area (Å²) in [6.07, 6.45) is 1.81. The molecule has 0 spiro atoms. The molecule has 1 amide bonds. The lowest BCUT2D eigenvalue weighted by atomic mass is 10.2. The summed E-state index contributed by atoms with van der Waals surface area (Å²) in [6, 6.07) is 5.56. The minimum Gasteiger partial charge on any atom is -0.495 e. The molecular formula is C11H11ClN2O2. The van der Waals surface area contributed by atoms with E-state index in [1.807, 2.05) is 12.1 Å². The average molecular weight is 239 g/mol. The largest absolute Gasteiger partial charge is 0.495 e. The average Bonchev–Trinajstić information content (AvgIpc) is 2.77. The molecule has 1 aromatic carbocycles. The third kappa shape index (κ3) is 1.84. The fraction of sp³-hybridized carbons (Fsp3) is 0.182. The third-order valence-corrected chi connectivity index (χ3v) is 2.54. The first-order chi connectivity index (χ1) is 7.76. The van der Waals surface area contributed by atoms with Gasteiger partial charge in [0.2, 0.25) is 5.91 Å². The second kappa shape index (κ2) is 4.45. The van der Waals surface area contributed by atoms with Gasteiger partial charge in [-0.05, 0) is 18.2 Å². The number of rotatable bonds is 3. The first-order valence-electron chi connectivity index (χ1n) is 4.76. The maximum absolute atomic E-state index is 11.3. The molecule has 2 N–H and O–H groups in total. The minimum atomic E-state index is -0.256. The lowest BCUT2D eigenvalue weighted by molar-refractivity contribution is -0.113. The number of alkyl halides is 1. The van der Waals surface area contributed by atoms with Gasteiger partial charge in [0.05, 0.1) is 12.8 Å². The zero-order valence-electron chi connectivity index (χ0n) is 8.71. The Kier molecular flexibility index (Phi) is 3.01. The highest BCUT2D eigenvalue weighted by Gasteiger charge is 2.11. The monoisotopic (exact) mass is 238 g/mol. The molecule has 0 aliphatic heterocycles. The number of fused-ring (bicyclic) bond motifs is 1. The third-order valence-electron chi connectivity index (χ3n) is 2.30. The van der Waals surface area contributed by atoms with Crippen LogP contribution >= 0.6 is 11.6 Å². The predicted octanol–water partition coefficient (Wildman–Crippen LogP) is 2.35. The van der Waals surface area contributed by atoms with Crippen molar-refractivity contribution in [1.82, 2.24) is 4.98 Å². The maximum atomic E-state index is 11.3. The molecule has 0 fully saturated rings. The van der Waals surface area contributed by atoms with Crippen LogP contribution in [-0.2, 0) is 4.79 Å². The number of anilines is 1. The minimum absolute atomic E-state index is 0.0794. The van der Waals surface area contributed by atoms with Crippen molar-refractivity contribution in [3.63, 3.8) is 0 Å². The normalized spacial score (nSPS) is 10.4. The molecule has 0 bridgehead atoms. The summed E-state index contributed by atoms with van der Waals surface area (Å²) >= 11 is 5.46. The molecule has 2 rings (SSSR count). The Morgan fingerprint density at radius 1 is 1.50 bits per heavy atom. The summed E-state index contributed by atoms with van der Waals surface area (Å²) in [5, 5.41) is 3.63. The first-order valence-corrected chi connectivity index (χ1v) is 5.29. The van der Waals surface area contributed by atoms with Crippen molar-refractivity contribution in [2.24, 2.45) is 0 Å². The fourth-order valence-corrected chi connectivity index (χ4v) is 1.65. The van der Waals surface area contributed by atoms with Crippen LogP contribution in [0.5, 0.6) is 5.75 Å². The van der Waals surface area contributed by atoms with Crippen LogP contribution in [0.3, 0.4) is 0 Å². The van der Waals surface area contributed by atoms with Crippen molar-refractivity contribution in [2.75, 3.05) is 18.3 Å². The van der Waals surface area contributed by atoms with E-state index in [1.54, 1.807) is 19.4 Å². The standard InChI is InChI=1S/C11H11ClN2O2/c1-16-9-3-2-8-7(4-5-13-8)11(9)14-10(15)6-12/h2-5,13H,6H2,1H3,(H,14,15). The zero-order chi connectivity index (χ0) is 11.5. The van der Waals surface area contributed by atoms with Crippen LogP contribution in [-0.4, -0.2) is 23.9 Å². The number of aromatic amines is 1. The van der Waals surface area contributed by atoms with Gasteiger partial charge in [-0.15, -0.1) is 11.6 Å². The van der Waals surface area contributed by atoms with Gasteiger partial charge in [-0.2, -0.15) is 0 Å². The maximum Gasteiger partial charge on any atom is 0.239 e. The summed E-state index contributed by atoms with van der Waals surface area (Å²) in [4.78, 5) is 14.4. The fourth-order valence-electron chi connectivity index (χ4n) is 1.59. The number of hydrogen-bond donors (Lipinski definition) is 2. The number of aromatic nitrogens is 1. The lowest BCUT2D eigenvalue weighted by Crippen LogP contribution is -2.13. The van der Waals surface area contributed by atoms with E-state index in [-0.39, 0.29) is 11.8 Å². The molecule has 0 atom stereocenters. The van der Waals surface area contributed by atoms with Crippen molar-refractivity contribution in [3.05, 3.63) is 24.4 Å². The molecule has 0 radical (unpaired) electrons. The van der Waals surface area contributed by atoms with E-state index in [0.717, 1.165) is 10.9 Å². The van der Waals surface area contributed by atoms with Crippen LogP contribution in [0.1, 0.15) is 0 Å². The molecule has 1 aromatic heterocycles. The molecule has 84 valence electrons. The Balaban J connectivity index is 2.53. The van der Waals surface area contributed by atoms with Gasteiger partial charge in [0, 0.05) is 17.1 Å². The van der Waals surface area contributed by atoms with Crippen molar-refractivity contribution < 1.29 is 9.53 Å². The predicted molar refractivity (Wildman–Crippen MR) is 64.2 cm³/mol. The van der Waals surface area contributed by atoms with Gasteiger partial charge in [0.1, 0.15) is 11.6 Å². The van der Waals surface area contributed by atoms with E-state index in [1.165, 1.54) is 0 Å². The summed E-state index contributed by atoms with van der Waals surface area (Å²) in [5.74, 6) is 0.281. The Hall–Kier alpha value is -1.68. The number of amides is 1. The number of hydrogen-bond acceptors (Lipinski definition) is 2. The number of ether oxygens (including phenoxy) is 1. The summed E-state index contributed by atoms with van der Waals surface area (Å²) < 4.78 is 5.20. The molecule has 0 aliphatic carbocycles. The highest BCUT2D eigenvalue weighted by Crippen LogP contribution is 2.32. The number of halogens is 1. The summed E-state index contributed by atoms with van der Waals surface area (Å²) in [7, 11) is 1.56. The van der Waals surface area contributed by atoms with Gasteiger partial charge < -0.3 is 15.0 Å². The van der Waals surface area contributed by atoms with Crippen LogP contribution in [0.25, 0.3) is 10.9 Å². The molecular weight excluding hydrogens is 228 g/mol. The Morgan fingerprint density at radius 3 is 3.00 bits per heavy atom. The second-order valence-corrected chi connectivity index (χ2v) is 3.53. The van der Waals surface area contributed by atoms with Gasteiger partial charge in [-0.1, -0.05) is 0 Å². The van der Waals surface area contributed by atoms with Crippen LogP contribution < -0.4 is 10.1 Å². The van der Waals surface area contributed by atoms with Gasteiger partial charge >= 0.3 is 0 Å². The van der Waals surface area contributed by atoms with Gasteiger partial charge in [0.15, 0.2) is 0 Å². The van der Waals surface area contributed by atoms with Crippen LogP contribution in [0.2, 0.25) is 0 Å². The topological polar surface area (TPSA) is 54.1 Å². The van der Waals surface area contributed by atoms with Gasteiger partial charge in [-0.3, -0.25) is 4.79 Å². The molecule has 2 aromatic rings. The molecule has 16 heavy (non-hydrogen) atoms. The smallest absolute Gasteiger partial charge is 0.239 e. The number of methoxy groups -OCH3 is 1. The van der Waals surface area contributed by atoms with Crippen LogP contribution in [0.15, 0.2) is 24.4 Å². The van der Waals surface area contributed by atoms with E-state index in [4.69, 9.17) is 16.3 Å². The SMILES string of the molecule is COc1ccc2[nH]ccc2c1NC(=O)CCl. The first kappa shape index (κ1) is 10.8. The molecule has 1 heterocycles. The highest BCUT2D eigenvalue weighted by molar-refractivity contribution is 6.29. The molecule has 0 saturated carbocycles. The highest BCUT2D eigenvalue weighted by atomic mass is 35.5. The van der Waals surface area contributed by atoms with E-state index in [2.05, 4.69) is 10.3 Å². The number of carbonyl (C=O) groups excluding carboxylic acids is 1. The lowest BCUT2D eigenvalue weighted by Gasteiger charge is -2.10. The number of benzene rings is 1. The van der Waals surface area contributed by atoms with Crippen molar-refractivity contribution >= 4 is 34.1 Å². The summed E-state index contributed by atoms with van der Waals surface area (Å²) in [6.45, 7) is 0. The van der Waals surface area contributed by atoms with E-state index in [0.29, 0.717) is 11.4 Å².